The van der Waals surface area contributed by atoms with Gasteiger partial charge in [-0.3, -0.25) is 9.59 Å². The van der Waals surface area contributed by atoms with Crippen molar-refractivity contribution >= 4 is 11.9 Å². The third-order valence-electron chi connectivity index (χ3n) is 13.4. The predicted octanol–water partition coefficient (Wildman–Crippen LogP) is 21.1. The molecule has 1 unspecified atom stereocenters. The van der Waals surface area contributed by atoms with Crippen molar-refractivity contribution in [2.24, 2.45) is 0 Å². The quantitative estimate of drug-likeness (QED) is 0.0373. The number of hydrogen-bond acceptors (Lipinski definition) is 5. The van der Waals surface area contributed by atoms with Gasteiger partial charge in [0.1, 0.15) is 6.61 Å². The van der Waals surface area contributed by atoms with E-state index in [9.17, 15) is 14.7 Å². The second-order valence-electron chi connectivity index (χ2n) is 20.4. The predicted molar refractivity (Wildman–Crippen MR) is 316 cm³/mol. The molecule has 0 radical (unpaired) electrons. The second-order valence-corrected chi connectivity index (χ2v) is 20.4. The van der Waals surface area contributed by atoms with Gasteiger partial charge in [-0.2, -0.15) is 0 Å². The summed E-state index contributed by atoms with van der Waals surface area (Å²) in [5.74, 6) is -0.602. The summed E-state index contributed by atoms with van der Waals surface area (Å²) in [4.78, 5) is 24.6. The number of unbranched alkanes of at least 4 members (excludes halogenated alkanes) is 32. The van der Waals surface area contributed by atoms with Crippen LogP contribution in [-0.4, -0.2) is 36.4 Å². The summed E-state index contributed by atoms with van der Waals surface area (Å²) in [5.41, 5.74) is 0. The molecule has 0 rings (SSSR count). The lowest BCUT2D eigenvalue weighted by atomic mass is 10.0. The van der Waals surface area contributed by atoms with E-state index < -0.39 is 6.10 Å². The first-order chi connectivity index (χ1) is 35.6. The first-order valence-corrected chi connectivity index (χ1v) is 30.8. The molecule has 0 aromatic carbocycles. The van der Waals surface area contributed by atoms with E-state index in [1.54, 1.807) is 0 Å². The van der Waals surface area contributed by atoms with Crippen molar-refractivity contribution in [2.75, 3.05) is 13.2 Å². The molecule has 1 N–H and O–H groups in total. The molecule has 0 aliphatic carbocycles. The number of aliphatic hydroxyl groups excluding tert-OH is 1. The SMILES string of the molecule is CC/C=C\C/C=C\C/C=C\C/C=C\C/C=C\C/C=C\CCCCCCCCC(=O)OC(CO)COC(=O)CCCCCCCCCCCCCCCCCCCCCCC/C=C\C/C=C\CCCCCCC. The number of esters is 2. The van der Waals surface area contributed by atoms with Crippen LogP contribution in [0.15, 0.2) is 97.2 Å². The van der Waals surface area contributed by atoms with Crippen molar-refractivity contribution in [1.82, 2.24) is 0 Å². The van der Waals surface area contributed by atoms with Crippen LogP contribution in [0.25, 0.3) is 0 Å². The first kappa shape index (κ1) is 68.8. The van der Waals surface area contributed by atoms with E-state index in [0.29, 0.717) is 12.8 Å². The van der Waals surface area contributed by atoms with Gasteiger partial charge in [0, 0.05) is 12.8 Å². The Morgan fingerprint density at radius 3 is 0.903 bits per heavy atom. The van der Waals surface area contributed by atoms with Crippen LogP contribution >= 0.6 is 0 Å². The zero-order valence-corrected chi connectivity index (χ0v) is 47.4. The van der Waals surface area contributed by atoms with Gasteiger partial charge in [-0.05, 0) is 96.3 Å². The van der Waals surface area contributed by atoms with Crippen molar-refractivity contribution in [3.63, 3.8) is 0 Å². The maximum atomic E-state index is 12.3. The van der Waals surface area contributed by atoms with E-state index >= 15 is 0 Å². The van der Waals surface area contributed by atoms with Crippen molar-refractivity contribution in [3.05, 3.63) is 97.2 Å². The molecule has 0 aromatic heterocycles. The average Bonchev–Trinajstić information content (AvgIpc) is 3.38. The third-order valence-corrected chi connectivity index (χ3v) is 13.4. The van der Waals surface area contributed by atoms with E-state index in [1.807, 2.05) is 0 Å². The Balaban J connectivity index is 3.49. The molecule has 5 nitrogen and oxygen atoms in total. The van der Waals surface area contributed by atoms with Gasteiger partial charge in [0.25, 0.3) is 0 Å². The maximum absolute atomic E-state index is 12.3. The molecule has 0 fully saturated rings. The molecular formula is C67H116O5. The zero-order valence-electron chi connectivity index (χ0n) is 47.4. The smallest absolute Gasteiger partial charge is 0.306 e. The van der Waals surface area contributed by atoms with E-state index in [4.69, 9.17) is 9.47 Å². The van der Waals surface area contributed by atoms with Crippen molar-refractivity contribution in [3.8, 4) is 0 Å². The van der Waals surface area contributed by atoms with Crippen LogP contribution in [0.1, 0.15) is 296 Å². The molecule has 72 heavy (non-hydrogen) atoms. The van der Waals surface area contributed by atoms with Crippen LogP contribution in [0.3, 0.4) is 0 Å². The number of hydrogen-bond donors (Lipinski definition) is 1. The molecule has 0 amide bonds. The van der Waals surface area contributed by atoms with Gasteiger partial charge >= 0.3 is 11.9 Å². The molecule has 5 heteroatoms. The van der Waals surface area contributed by atoms with Crippen LogP contribution in [0.4, 0.5) is 0 Å². The van der Waals surface area contributed by atoms with E-state index in [1.165, 1.54) is 180 Å². The summed E-state index contributed by atoms with van der Waals surface area (Å²) in [5, 5.41) is 9.67. The Kier molecular flexibility index (Phi) is 59.4. The molecule has 0 aliphatic rings. The van der Waals surface area contributed by atoms with Crippen molar-refractivity contribution in [1.29, 1.82) is 0 Å². The van der Waals surface area contributed by atoms with Crippen LogP contribution in [-0.2, 0) is 19.1 Å². The van der Waals surface area contributed by atoms with Crippen molar-refractivity contribution in [2.45, 2.75) is 302 Å². The highest BCUT2D eigenvalue weighted by atomic mass is 16.6. The summed E-state index contributed by atoms with van der Waals surface area (Å²) in [6, 6.07) is 0. The molecule has 0 bridgehead atoms. The molecule has 0 aliphatic heterocycles. The largest absolute Gasteiger partial charge is 0.462 e. The molecule has 0 saturated carbocycles. The topological polar surface area (TPSA) is 72.8 Å². The first-order valence-electron chi connectivity index (χ1n) is 30.8. The number of allylic oxidation sites excluding steroid dienone is 16. The fourth-order valence-electron chi connectivity index (χ4n) is 8.77. The molecule has 414 valence electrons. The highest BCUT2D eigenvalue weighted by Crippen LogP contribution is 2.17. The standard InChI is InChI=1S/C67H116O5/c1-3-5-7-9-11-13-15-17-19-21-23-25-27-29-30-31-32-33-34-35-36-38-39-41-43-45-47-49-51-53-55-57-59-61-66(69)71-64-65(63-68)72-67(70)62-60-58-56-54-52-50-48-46-44-42-40-37-28-26-24-22-20-18-16-14-12-10-8-6-4-2/h6,8,12,14-15,17-18,20-21,23-24,26,37,40,44,46,65,68H,3-5,7,9-11,13,16,19,22,25,27-36,38-39,41-43,45,47-64H2,1-2H3/b8-6-,14-12-,17-15-,20-18-,23-21-,26-24-,40-37-,46-44-. The van der Waals surface area contributed by atoms with Gasteiger partial charge in [-0.25, -0.2) is 0 Å². The summed E-state index contributed by atoms with van der Waals surface area (Å²) in [6.45, 7) is 4.03. The van der Waals surface area contributed by atoms with Gasteiger partial charge in [0.2, 0.25) is 0 Å². The third kappa shape index (κ3) is 59.4. The Hall–Kier alpha value is -3.18. The van der Waals surface area contributed by atoms with Gasteiger partial charge in [0.15, 0.2) is 6.10 Å². The van der Waals surface area contributed by atoms with Crippen LogP contribution < -0.4 is 0 Å². The molecule has 0 saturated heterocycles. The lowest BCUT2D eigenvalue weighted by Crippen LogP contribution is -2.28. The van der Waals surface area contributed by atoms with E-state index in [0.717, 1.165) is 89.9 Å². The van der Waals surface area contributed by atoms with Gasteiger partial charge in [-0.15, -0.1) is 0 Å². The minimum Gasteiger partial charge on any atom is -0.462 e. The number of carbonyl (C=O) groups is 2. The Bertz CT molecular complexity index is 1360. The maximum Gasteiger partial charge on any atom is 0.306 e. The summed E-state index contributed by atoms with van der Waals surface area (Å²) in [6.07, 6.45) is 88.3. The minimum absolute atomic E-state index is 0.0743. The summed E-state index contributed by atoms with van der Waals surface area (Å²) < 4.78 is 10.7. The number of carbonyl (C=O) groups excluding carboxylic acids is 2. The highest BCUT2D eigenvalue weighted by Gasteiger charge is 2.16. The minimum atomic E-state index is -0.786. The lowest BCUT2D eigenvalue weighted by Gasteiger charge is -2.15. The Morgan fingerprint density at radius 2 is 0.597 bits per heavy atom. The number of rotatable bonds is 56. The Labute approximate surface area is 447 Å². The van der Waals surface area contributed by atoms with E-state index in [-0.39, 0.29) is 25.2 Å². The lowest BCUT2D eigenvalue weighted by molar-refractivity contribution is -0.161. The average molecular weight is 1000 g/mol. The van der Waals surface area contributed by atoms with E-state index in [2.05, 4.69) is 111 Å². The fraction of sp³-hybridized carbons (Fsp3) is 0.731. The summed E-state index contributed by atoms with van der Waals surface area (Å²) >= 11 is 0. The number of aliphatic hydroxyl groups is 1. The molecular weight excluding hydrogens is 885 g/mol. The summed E-state index contributed by atoms with van der Waals surface area (Å²) in [7, 11) is 0. The van der Waals surface area contributed by atoms with Gasteiger partial charge < -0.3 is 14.6 Å². The Morgan fingerprint density at radius 1 is 0.333 bits per heavy atom. The second kappa shape index (κ2) is 62.1. The number of ether oxygens (including phenoxy) is 2. The zero-order chi connectivity index (χ0) is 52.0. The molecule has 1 atom stereocenters. The monoisotopic (exact) mass is 1000 g/mol. The van der Waals surface area contributed by atoms with Crippen LogP contribution in [0.2, 0.25) is 0 Å². The van der Waals surface area contributed by atoms with Gasteiger partial charge in [0.05, 0.1) is 6.61 Å². The molecule has 0 aromatic rings. The highest BCUT2D eigenvalue weighted by molar-refractivity contribution is 5.70. The normalized spacial score (nSPS) is 12.9. The molecule has 0 heterocycles. The van der Waals surface area contributed by atoms with Crippen LogP contribution in [0.5, 0.6) is 0 Å². The van der Waals surface area contributed by atoms with Crippen LogP contribution in [0, 0.1) is 0 Å². The fourth-order valence-corrected chi connectivity index (χ4v) is 8.77. The van der Waals surface area contributed by atoms with Gasteiger partial charge in [-0.1, -0.05) is 284 Å². The van der Waals surface area contributed by atoms with Crippen molar-refractivity contribution < 1.29 is 24.2 Å². The molecule has 0 spiro atoms.